The first-order valence-electron chi connectivity index (χ1n) is 3.55. The smallest absolute Gasteiger partial charge is 0.310 e. The fourth-order valence-corrected chi connectivity index (χ4v) is 0.958. The van der Waals surface area contributed by atoms with E-state index in [1.807, 2.05) is 0 Å². The van der Waals surface area contributed by atoms with Gasteiger partial charge in [-0.3, -0.25) is 9.78 Å². The summed E-state index contributed by atoms with van der Waals surface area (Å²) in [5.41, 5.74) is -0.456. The molecule has 3 nitrogen and oxygen atoms in total. The SMILES string of the molecule is CC(C(=O)O)c1c(F)cncc1F. The second-order valence-electron chi connectivity index (χ2n) is 2.58. The van der Waals surface area contributed by atoms with Crippen molar-refractivity contribution in [2.24, 2.45) is 0 Å². The Morgan fingerprint density at radius 2 is 1.92 bits per heavy atom. The molecule has 0 bridgehead atoms. The van der Waals surface area contributed by atoms with E-state index in [2.05, 4.69) is 4.98 Å². The van der Waals surface area contributed by atoms with Crippen molar-refractivity contribution in [1.82, 2.24) is 4.98 Å². The fraction of sp³-hybridized carbons (Fsp3) is 0.250. The third-order valence-electron chi connectivity index (χ3n) is 1.69. The lowest BCUT2D eigenvalue weighted by atomic mass is 10.0. The third kappa shape index (κ3) is 1.80. The molecule has 0 aliphatic rings. The van der Waals surface area contributed by atoms with E-state index in [-0.39, 0.29) is 0 Å². The number of aliphatic carboxylic acids is 1. The predicted octanol–water partition coefficient (Wildman–Crippen LogP) is 1.55. The Kier molecular flexibility index (Phi) is 2.55. The number of aromatic nitrogens is 1. The molecule has 1 N–H and O–H groups in total. The molecule has 0 saturated heterocycles. The summed E-state index contributed by atoms with van der Waals surface area (Å²) in [4.78, 5) is 13.7. The van der Waals surface area contributed by atoms with Gasteiger partial charge in [-0.05, 0) is 6.92 Å². The molecule has 0 aromatic carbocycles. The highest BCUT2D eigenvalue weighted by molar-refractivity contribution is 5.75. The molecule has 5 heteroatoms. The zero-order valence-corrected chi connectivity index (χ0v) is 6.79. The van der Waals surface area contributed by atoms with Crippen LogP contribution in [0, 0.1) is 11.6 Å². The van der Waals surface area contributed by atoms with E-state index >= 15 is 0 Å². The average molecular weight is 187 g/mol. The molecular weight excluding hydrogens is 180 g/mol. The normalized spacial score (nSPS) is 12.5. The van der Waals surface area contributed by atoms with Crippen LogP contribution in [-0.4, -0.2) is 16.1 Å². The minimum absolute atomic E-state index is 0.456. The molecule has 1 rings (SSSR count). The number of pyridine rings is 1. The van der Waals surface area contributed by atoms with E-state index < -0.39 is 29.1 Å². The molecule has 1 aromatic rings. The minimum Gasteiger partial charge on any atom is -0.481 e. The summed E-state index contributed by atoms with van der Waals surface area (Å²) in [6, 6.07) is 0. The Morgan fingerprint density at radius 3 is 2.31 bits per heavy atom. The van der Waals surface area contributed by atoms with Crippen LogP contribution in [-0.2, 0) is 4.79 Å². The Balaban J connectivity index is 3.20. The van der Waals surface area contributed by atoms with Crippen molar-refractivity contribution in [3.8, 4) is 0 Å². The summed E-state index contributed by atoms with van der Waals surface area (Å²) in [7, 11) is 0. The van der Waals surface area contributed by atoms with E-state index in [9.17, 15) is 13.6 Å². The molecule has 0 aliphatic carbocycles. The molecule has 0 amide bonds. The highest BCUT2D eigenvalue weighted by atomic mass is 19.1. The van der Waals surface area contributed by atoms with Gasteiger partial charge in [-0.2, -0.15) is 0 Å². The Hall–Kier alpha value is -1.52. The van der Waals surface area contributed by atoms with Crippen LogP contribution in [0.1, 0.15) is 18.4 Å². The van der Waals surface area contributed by atoms with Crippen molar-refractivity contribution in [1.29, 1.82) is 0 Å². The molecule has 0 fully saturated rings. The van der Waals surface area contributed by atoms with Gasteiger partial charge in [-0.15, -0.1) is 0 Å². The van der Waals surface area contributed by atoms with Crippen LogP contribution in [0.25, 0.3) is 0 Å². The lowest BCUT2D eigenvalue weighted by molar-refractivity contribution is -0.138. The van der Waals surface area contributed by atoms with Gasteiger partial charge in [0.2, 0.25) is 0 Å². The van der Waals surface area contributed by atoms with Gasteiger partial charge in [0.15, 0.2) is 0 Å². The second kappa shape index (κ2) is 3.47. The van der Waals surface area contributed by atoms with E-state index in [0.29, 0.717) is 0 Å². The lowest BCUT2D eigenvalue weighted by Gasteiger charge is -2.07. The van der Waals surface area contributed by atoms with E-state index in [1.165, 1.54) is 6.92 Å². The first-order valence-corrected chi connectivity index (χ1v) is 3.55. The first-order chi connectivity index (χ1) is 6.04. The summed E-state index contributed by atoms with van der Waals surface area (Å²) in [5.74, 6) is -4.35. The Morgan fingerprint density at radius 1 is 1.46 bits per heavy atom. The molecule has 1 atom stereocenters. The number of halogens is 2. The number of carboxylic acids is 1. The highest BCUT2D eigenvalue weighted by Gasteiger charge is 2.21. The maximum Gasteiger partial charge on any atom is 0.310 e. The zero-order chi connectivity index (χ0) is 10.0. The lowest BCUT2D eigenvalue weighted by Crippen LogP contribution is -2.11. The van der Waals surface area contributed by atoms with Gasteiger partial charge in [-0.25, -0.2) is 8.78 Å². The average Bonchev–Trinajstić information content (AvgIpc) is 2.03. The molecule has 0 spiro atoms. The summed E-state index contributed by atoms with van der Waals surface area (Å²) in [6.07, 6.45) is 1.58. The van der Waals surface area contributed by atoms with Crippen LogP contribution in [0.15, 0.2) is 12.4 Å². The minimum atomic E-state index is -1.27. The van der Waals surface area contributed by atoms with Gasteiger partial charge in [0, 0.05) is 5.56 Å². The maximum atomic E-state index is 12.9. The molecule has 1 aromatic heterocycles. The van der Waals surface area contributed by atoms with Gasteiger partial charge < -0.3 is 5.11 Å². The van der Waals surface area contributed by atoms with Crippen molar-refractivity contribution in [2.45, 2.75) is 12.8 Å². The quantitative estimate of drug-likeness (QED) is 0.764. The van der Waals surface area contributed by atoms with Crippen molar-refractivity contribution in [2.75, 3.05) is 0 Å². The molecule has 13 heavy (non-hydrogen) atoms. The molecule has 70 valence electrons. The Bertz CT molecular complexity index is 321. The number of hydrogen-bond donors (Lipinski definition) is 1. The van der Waals surface area contributed by atoms with E-state index in [0.717, 1.165) is 12.4 Å². The van der Waals surface area contributed by atoms with Crippen LogP contribution in [0.4, 0.5) is 8.78 Å². The number of nitrogens with zero attached hydrogens (tertiary/aromatic N) is 1. The highest BCUT2D eigenvalue weighted by Crippen LogP contribution is 2.21. The Labute approximate surface area is 73.0 Å². The van der Waals surface area contributed by atoms with Crippen molar-refractivity contribution in [3.63, 3.8) is 0 Å². The largest absolute Gasteiger partial charge is 0.481 e. The van der Waals surface area contributed by atoms with Gasteiger partial charge >= 0.3 is 5.97 Å². The van der Waals surface area contributed by atoms with Gasteiger partial charge in [0.05, 0.1) is 18.3 Å². The van der Waals surface area contributed by atoms with Crippen molar-refractivity contribution < 1.29 is 18.7 Å². The van der Waals surface area contributed by atoms with Crippen LogP contribution >= 0.6 is 0 Å². The third-order valence-corrected chi connectivity index (χ3v) is 1.69. The van der Waals surface area contributed by atoms with Gasteiger partial charge in [0.1, 0.15) is 11.6 Å². The fourth-order valence-electron chi connectivity index (χ4n) is 0.958. The molecule has 0 saturated carbocycles. The summed E-state index contributed by atoms with van der Waals surface area (Å²) >= 11 is 0. The van der Waals surface area contributed by atoms with E-state index in [4.69, 9.17) is 5.11 Å². The number of rotatable bonds is 2. The topological polar surface area (TPSA) is 50.2 Å². The van der Waals surface area contributed by atoms with Crippen LogP contribution in [0.2, 0.25) is 0 Å². The first kappa shape index (κ1) is 9.57. The molecule has 1 heterocycles. The second-order valence-corrected chi connectivity index (χ2v) is 2.58. The van der Waals surface area contributed by atoms with Crippen molar-refractivity contribution >= 4 is 5.97 Å². The summed E-state index contributed by atoms with van der Waals surface area (Å²) in [5, 5.41) is 8.53. The van der Waals surface area contributed by atoms with Crippen LogP contribution < -0.4 is 0 Å². The maximum absolute atomic E-state index is 12.9. The van der Waals surface area contributed by atoms with Crippen LogP contribution in [0.3, 0.4) is 0 Å². The number of hydrogen-bond acceptors (Lipinski definition) is 2. The summed E-state index contributed by atoms with van der Waals surface area (Å²) < 4.78 is 25.8. The molecular formula is C8H7F2NO2. The molecule has 0 radical (unpaired) electrons. The number of carbonyl (C=O) groups is 1. The van der Waals surface area contributed by atoms with Crippen molar-refractivity contribution in [3.05, 3.63) is 29.6 Å². The summed E-state index contributed by atoms with van der Waals surface area (Å²) in [6.45, 7) is 1.21. The van der Waals surface area contributed by atoms with Crippen LogP contribution in [0.5, 0.6) is 0 Å². The molecule has 1 unspecified atom stereocenters. The van der Waals surface area contributed by atoms with Gasteiger partial charge in [-0.1, -0.05) is 0 Å². The number of carboxylic acid groups (broad SMARTS) is 1. The zero-order valence-electron chi connectivity index (χ0n) is 6.79. The van der Waals surface area contributed by atoms with Gasteiger partial charge in [0.25, 0.3) is 0 Å². The van der Waals surface area contributed by atoms with E-state index in [1.54, 1.807) is 0 Å². The predicted molar refractivity (Wildman–Crippen MR) is 40.2 cm³/mol. The molecule has 0 aliphatic heterocycles. The monoisotopic (exact) mass is 187 g/mol. The standard InChI is InChI=1S/C8H7F2NO2/c1-4(8(12)13)7-5(9)2-11-3-6(7)10/h2-4H,1H3,(H,12,13).